The minimum Gasteiger partial charge on any atom is -0.465 e. The summed E-state index contributed by atoms with van der Waals surface area (Å²) in [4.78, 5) is 24.0. The highest BCUT2D eigenvalue weighted by Gasteiger charge is 2.17. The van der Waals surface area contributed by atoms with E-state index >= 15 is 0 Å². The van der Waals surface area contributed by atoms with Crippen LogP contribution in [0.15, 0.2) is 30.3 Å². The number of methoxy groups -OCH3 is 1. The molecule has 0 unspecified atom stereocenters. The average molecular weight is 384 g/mol. The molecule has 7 nitrogen and oxygen atoms in total. The maximum absolute atomic E-state index is 11.8. The van der Waals surface area contributed by atoms with Crippen molar-refractivity contribution in [1.29, 1.82) is 0 Å². The summed E-state index contributed by atoms with van der Waals surface area (Å²) in [5, 5.41) is 0.801. The van der Waals surface area contributed by atoms with E-state index in [0.29, 0.717) is 9.71 Å². The number of thiophene rings is 1. The molecular formula is C19H20N4O3S. The van der Waals surface area contributed by atoms with Gasteiger partial charge < -0.3 is 15.2 Å². The lowest BCUT2D eigenvalue weighted by Gasteiger charge is -2.26. The topological polar surface area (TPSA) is 90.6 Å². The van der Waals surface area contributed by atoms with Crippen molar-refractivity contribution < 1.29 is 14.3 Å². The van der Waals surface area contributed by atoms with Crippen LogP contribution in [-0.2, 0) is 16.0 Å². The van der Waals surface area contributed by atoms with Gasteiger partial charge in [-0.3, -0.25) is 4.90 Å². The molecule has 0 amide bonds. The summed E-state index contributed by atoms with van der Waals surface area (Å²) in [5.74, 6) is -0.198. The second-order valence-electron chi connectivity index (χ2n) is 6.34. The number of fused-ring (bicyclic) bond motifs is 1. The Morgan fingerprint density at radius 2 is 2.00 bits per heavy atom. The number of hydrogen-bond acceptors (Lipinski definition) is 8. The maximum atomic E-state index is 11.8. The van der Waals surface area contributed by atoms with Gasteiger partial charge in [-0.1, -0.05) is 24.3 Å². The van der Waals surface area contributed by atoms with Gasteiger partial charge in [-0.2, -0.15) is 0 Å². The minimum absolute atomic E-state index is 0.188. The van der Waals surface area contributed by atoms with E-state index < -0.39 is 0 Å². The number of morpholine rings is 1. The predicted molar refractivity (Wildman–Crippen MR) is 105 cm³/mol. The van der Waals surface area contributed by atoms with E-state index in [0.717, 1.165) is 49.5 Å². The van der Waals surface area contributed by atoms with Gasteiger partial charge in [0.05, 0.1) is 26.0 Å². The van der Waals surface area contributed by atoms with Crippen molar-refractivity contribution in [3.05, 3.63) is 40.8 Å². The Morgan fingerprint density at radius 3 is 2.70 bits per heavy atom. The Balaban J connectivity index is 1.64. The third kappa shape index (κ3) is 3.78. The number of carbonyl (C=O) groups excluding carboxylic acids is 1. The number of nitrogens with two attached hydrogens (primary N) is 1. The Labute approximate surface area is 160 Å². The van der Waals surface area contributed by atoms with E-state index in [1.165, 1.54) is 24.0 Å². The number of anilines is 1. The van der Waals surface area contributed by atoms with Crippen molar-refractivity contribution in [3.63, 3.8) is 0 Å². The average Bonchev–Trinajstić information content (AvgIpc) is 3.12. The molecule has 1 saturated heterocycles. The standard InChI is InChI=1S/C19H20N4O3S/c1-25-18(24)15-10-14-16(21-19(20)22-17(14)27-15)13-4-2-12(3-5-13)11-23-6-8-26-9-7-23/h2-5,10H,6-9,11H2,1H3,(H2,20,21,22). The van der Waals surface area contributed by atoms with Crippen molar-refractivity contribution in [2.75, 3.05) is 39.1 Å². The molecule has 1 fully saturated rings. The lowest BCUT2D eigenvalue weighted by atomic mass is 10.1. The van der Waals surface area contributed by atoms with Crippen LogP contribution in [0.25, 0.3) is 21.5 Å². The first-order valence-corrected chi connectivity index (χ1v) is 9.50. The molecule has 8 heteroatoms. The molecule has 2 aromatic heterocycles. The number of hydrogen-bond donors (Lipinski definition) is 1. The zero-order valence-corrected chi connectivity index (χ0v) is 15.8. The zero-order valence-electron chi connectivity index (χ0n) is 15.0. The van der Waals surface area contributed by atoms with E-state index in [1.54, 1.807) is 6.07 Å². The number of esters is 1. The van der Waals surface area contributed by atoms with Crippen molar-refractivity contribution in [2.45, 2.75) is 6.54 Å². The van der Waals surface area contributed by atoms with Crippen LogP contribution in [0.2, 0.25) is 0 Å². The van der Waals surface area contributed by atoms with Crippen LogP contribution >= 0.6 is 11.3 Å². The zero-order chi connectivity index (χ0) is 18.8. The molecule has 0 saturated carbocycles. The molecule has 1 aromatic carbocycles. The van der Waals surface area contributed by atoms with E-state index in [1.807, 2.05) is 12.1 Å². The first-order valence-electron chi connectivity index (χ1n) is 8.69. The fourth-order valence-electron chi connectivity index (χ4n) is 3.14. The van der Waals surface area contributed by atoms with Gasteiger partial charge in [0.1, 0.15) is 9.71 Å². The molecule has 0 bridgehead atoms. The molecular weight excluding hydrogens is 364 g/mol. The highest BCUT2D eigenvalue weighted by Crippen LogP contribution is 2.33. The van der Waals surface area contributed by atoms with Gasteiger partial charge in [0.15, 0.2) is 0 Å². The second-order valence-corrected chi connectivity index (χ2v) is 7.37. The summed E-state index contributed by atoms with van der Waals surface area (Å²) < 4.78 is 10.2. The van der Waals surface area contributed by atoms with Crippen LogP contribution in [0.3, 0.4) is 0 Å². The van der Waals surface area contributed by atoms with Gasteiger partial charge in [-0.05, 0) is 11.6 Å². The Bertz CT molecular complexity index is 965. The molecule has 0 atom stereocenters. The number of aromatic nitrogens is 2. The van der Waals surface area contributed by atoms with Gasteiger partial charge >= 0.3 is 5.97 Å². The van der Waals surface area contributed by atoms with E-state index in [-0.39, 0.29) is 11.9 Å². The van der Waals surface area contributed by atoms with Crippen LogP contribution in [0.5, 0.6) is 0 Å². The predicted octanol–water partition coefficient (Wildman–Crippen LogP) is 2.56. The monoisotopic (exact) mass is 384 g/mol. The van der Waals surface area contributed by atoms with E-state index in [2.05, 4.69) is 27.0 Å². The molecule has 3 heterocycles. The lowest BCUT2D eigenvalue weighted by Crippen LogP contribution is -2.35. The summed E-state index contributed by atoms with van der Waals surface area (Å²) in [6, 6.07) is 10.0. The summed E-state index contributed by atoms with van der Waals surface area (Å²) in [6.45, 7) is 4.38. The third-order valence-corrected chi connectivity index (χ3v) is 5.54. The van der Waals surface area contributed by atoms with Gasteiger partial charge in [0, 0.05) is 30.6 Å². The first kappa shape index (κ1) is 17.8. The number of nitrogens with zero attached hydrogens (tertiary/aromatic N) is 3. The Kier molecular flexibility index (Phi) is 5.02. The number of nitrogen functional groups attached to an aromatic ring is 1. The first-order chi connectivity index (χ1) is 13.1. The summed E-state index contributed by atoms with van der Waals surface area (Å²) in [5.41, 5.74) is 8.78. The fourth-order valence-corrected chi connectivity index (χ4v) is 4.10. The van der Waals surface area contributed by atoms with E-state index in [9.17, 15) is 4.79 Å². The number of carbonyl (C=O) groups is 1. The van der Waals surface area contributed by atoms with Crippen molar-refractivity contribution in [3.8, 4) is 11.3 Å². The molecule has 3 aromatic rings. The number of benzene rings is 1. The van der Waals surface area contributed by atoms with Crippen molar-refractivity contribution in [1.82, 2.24) is 14.9 Å². The Hall–Kier alpha value is -2.55. The summed E-state index contributed by atoms with van der Waals surface area (Å²) in [6.07, 6.45) is 0. The number of rotatable bonds is 4. The van der Waals surface area contributed by atoms with Crippen LogP contribution in [0.1, 0.15) is 15.2 Å². The molecule has 1 aliphatic rings. The third-order valence-electron chi connectivity index (χ3n) is 4.53. The maximum Gasteiger partial charge on any atom is 0.348 e. The summed E-state index contributed by atoms with van der Waals surface area (Å²) in [7, 11) is 1.36. The molecule has 0 radical (unpaired) electrons. The van der Waals surface area contributed by atoms with Crippen LogP contribution in [0.4, 0.5) is 5.95 Å². The number of ether oxygens (including phenoxy) is 2. The highest BCUT2D eigenvalue weighted by atomic mass is 32.1. The fraction of sp³-hybridized carbons (Fsp3) is 0.316. The smallest absolute Gasteiger partial charge is 0.348 e. The minimum atomic E-state index is -0.386. The largest absolute Gasteiger partial charge is 0.465 e. The summed E-state index contributed by atoms with van der Waals surface area (Å²) >= 11 is 1.26. The quantitative estimate of drug-likeness (QED) is 0.691. The SMILES string of the molecule is COC(=O)c1cc2c(-c3ccc(CN4CCOCC4)cc3)nc(N)nc2s1. The van der Waals surface area contributed by atoms with E-state index in [4.69, 9.17) is 15.2 Å². The second kappa shape index (κ2) is 7.59. The molecule has 2 N–H and O–H groups in total. The van der Waals surface area contributed by atoms with Crippen molar-refractivity contribution in [2.24, 2.45) is 0 Å². The Morgan fingerprint density at radius 1 is 1.26 bits per heavy atom. The molecule has 0 spiro atoms. The molecule has 27 heavy (non-hydrogen) atoms. The van der Waals surface area contributed by atoms with Gasteiger partial charge in [0.2, 0.25) is 5.95 Å². The van der Waals surface area contributed by atoms with Gasteiger partial charge in [-0.25, -0.2) is 14.8 Å². The molecule has 4 rings (SSSR count). The molecule has 1 aliphatic heterocycles. The normalized spacial score (nSPS) is 15.1. The van der Waals surface area contributed by atoms with Crippen molar-refractivity contribution >= 4 is 33.5 Å². The van der Waals surface area contributed by atoms with Gasteiger partial charge in [0.25, 0.3) is 0 Å². The molecule has 0 aliphatic carbocycles. The van der Waals surface area contributed by atoms with Gasteiger partial charge in [-0.15, -0.1) is 11.3 Å². The van der Waals surface area contributed by atoms with Crippen LogP contribution < -0.4 is 5.73 Å². The van der Waals surface area contributed by atoms with Crippen LogP contribution in [-0.4, -0.2) is 54.3 Å². The van der Waals surface area contributed by atoms with Crippen LogP contribution in [0, 0.1) is 0 Å². The highest BCUT2D eigenvalue weighted by molar-refractivity contribution is 7.20. The molecule has 140 valence electrons. The lowest BCUT2D eigenvalue weighted by molar-refractivity contribution is 0.0342.